The molecule has 3 heterocycles. The number of H-pyrrole nitrogens is 1. The standard InChI is InChI=1S/C32H36FN3O4/c1-38-29-20-22-14-19-40-32(26(22)21-30(29)39-2,23-8-10-24(33)11-9-23)15-5-16-35-17-12-25(13-18-35)36-28-7-4-3-6-27(28)34-31(36)37/h3-4,6-11,20-21,25H,5,12-19H2,1-2H3,(H,34,37). The first kappa shape index (κ1) is 26.6. The molecule has 1 fully saturated rings. The zero-order valence-electron chi connectivity index (χ0n) is 23.1. The van der Waals surface area contributed by atoms with Gasteiger partial charge in [0.1, 0.15) is 11.4 Å². The van der Waals surface area contributed by atoms with Crippen molar-refractivity contribution in [3.05, 3.63) is 93.7 Å². The van der Waals surface area contributed by atoms with Gasteiger partial charge in [-0.2, -0.15) is 0 Å². The van der Waals surface area contributed by atoms with E-state index in [4.69, 9.17) is 14.2 Å². The van der Waals surface area contributed by atoms with Crippen LogP contribution in [0.5, 0.6) is 11.5 Å². The molecule has 0 spiro atoms. The van der Waals surface area contributed by atoms with Gasteiger partial charge in [0.05, 0.1) is 31.9 Å². The van der Waals surface area contributed by atoms with E-state index in [9.17, 15) is 9.18 Å². The SMILES string of the molecule is COc1cc2c(cc1OC)C(CCCN1CCC(n3c(=O)[nH]c4ccccc43)CC1)(c1ccc(F)cc1)OCC2. The highest BCUT2D eigenvalue weighted by molar-refractivity contribution is 5.75. The number of hydrogen-bond acceptors (Lipinski definition) is 5. The monoisotopic (exact) mass is 545 g/mol. The number of hydrogen-bond donors (Lipinski definition) is 1. The number of nitrogens with one attached hydrogen (secondary N) is 1. The van der Waals surface area contributed by atoms with Crippen LogP contribution >= 0.6 is 0 Å². The Morgan fingerprint density at radius 3 is 2.50 bits per heavy atom. The summed E-state index contributed by atoms with van der Waals surface area (Å²) in [7, 11) is 3.29. The molecule has 0 bridgehead atoms. The lowest BCUT2D eigenvalue weighted by Crippen LogP contribution is -2.40. The quantitative estimate of drug-likeness (QED) is 0.320. The molecule has 4 aromatic rings. The molecule has 7 nitrogen and oxygen atoms in total. The van der Waals surface area contributed by atoms with Gasteiger partial charge in [0.2, 0.25) is 0 Å². The number of halogens is 1. The average Bonchev–Trinajstić information content (AvgIpc) is 3.32. The third-order valence-electron chi connectivity index (χ3n) is 8.62. The topological polar surface area (TPSA) is 68.7 Å². The van der Waals surface area contributed by atoms with E-state index >= 15 is 0 Å². The van der Waals surface area contributed by atoms with Gasteiger partial charge in [-0.3, -0.25) is 4.57 Å². The van der Waals surface area contributed by atoms with Gasteiger partial charge >= 0.3 is 5.69 Å². The lowest BCUT2D eigenvalue weighted by atomic mass is 9.77. The summed E-state index contributed by atoms with van der Waals surface area (Å²) in [4.78, 5) is 18.2. The molecule has 1 saturated heterocycles. The highest BCUT2D eigenvalue weighted by atomic mass is 19.1. The molecular weight excluding hydrogens is 509 g/mol. The summed E-state index contributed by atoms with van der Waals surface area (Å²) in [6.07, 6.45) is 4.30. The van der Waals surface area contributed by atoms with E-state index in [1.807, 2.05) is 53.1 Å². The number of piperidine rings is 1. The molecular formula is C32H36FN3O4. The van der Waals surface area contributed by atoms with Crippen LogP contribution in [0.1, 0.15) is 48.4 Å². The average molecular weight is 546 g/mol. The van der Waals surface area contributed by atoms with Crippen LogP contribution in [0.25, 0.3) is 11.0 Å². The van der Waals surface area contributed by atoms with Crippen molar-refractivity contribution >= 4 is 11.0 Å². The number of nitrogens with zero attached hydrogens (tertiary/aromatic N) is 2. The number of aromatic nitrogens is 2. The number of benzene rings is 3. The summed E-state index contributed by atoms with van der Waals surface area (Å²) >= 11 is 0. The molecule has 210 valence electrons. The molecule has 8 heteroatoms. The summed E-state index contributed by atoms with van der Waals surface area (Å²) in [5.41, 5.74) is 4.31. The molecule has 3 aromatic carbocycles. The predicted molar refractivity (Wildman–Crippen MR) is 153 cm³/mol. The minimum Gasteiger partial charge on any atom is -0.493 e. The number of aromatic amines is 1. The fourth-order valence-electron chi connectivity index (χ4n) is 6.62. The van der Waals surface area contributed by atoms with Gasteiger partial charge in [0.15, 0.2) is 11.5 Å². The zero-order chi connectivity index (χ0) is 27.7. The van der Waals surface area contributed by atoms with Gasteiger partial charge in [-0.1, -0.05) is 24.3 Å². The minimum absolute atomic E-state index is 0.0268. The number of para-hydroxylation sites is 2. The fraction of sp³-hybridized carbons (Fsp3) is 0.406. The Labute approximate surface area is 233 Å². The Balaban J connectivity index is 1.20. The highest BCUT2D eigenvalue weighted by Gasteiger charge is 2.40. The maximum Gasteiger partial charge on any atom is 0.326 e. The second kappa shape index (κ2) is 11.1. The van der Waals surface area contributed by atoms with Crippen molar-refractivity contribution in [2.45, 2.75) is 43.7 Å². The molecule has 2 aliphatic heterocycles. The van der Waals surface area contributed by atoms with E-state index in [0.29, 0.717) is 18.1 Å². The molecule has 0 aliphatic carbocycles. The molecule has 0 amide bonds. The van der Waals surface area contributed by atoms with Crippen molar-refractivity contribution in [2.75, 3.05) is 40.5 Å². The van der Waals surface area contributed by atoms with Gasteiger partial charge in [-0.15, -0.1) is 0 Å². The number of rotatable bonds is 8. The maximum absolute atomic E-state index is 13.9. The smallest absolute Gasteiger partial charge is 0.326 e. The van der Waals surface area contributed by atoms with Crippen molar-refractivity contribution in [2.24, 2.45) is 0 Å². The van der Waals surface area contributed by atoms with Gasteiger partial charge in [0.25, 0.3) is 0 Å². The number of likely N-dealkylation sites (tertiary alicyclic amines) is 1. The molecule has 0 radical (unpaired) electrons. The van der Waals surface area contributed by atoms with Crippen LogP contribution in [-0.2, 0) is 16.8 Å². The molecule has 2 aliphatic rings. The summed E-state index contributed by atoms with van der Waals surface area (Å²) in [6, 6.07) is 18.9. The van der Waals surface area contributed by atoms with Crippen molar-refractivity contribution in [1.82, 2.24) is 14.5 Å². The van der Waals surface area contributed by atoms with Crippen LogP contribution in [-0.4, -0.2) is 54.9 Å². The first-order chi connectivity index (χ1) is 19.5. The first-order valence-corrected chi connectivity index (χ1v) is 14.1. The van der Waals surface area contributed by atoms with Gasteiger partial charge in [-0.05, 0) is 91.7 Å². The number of ether oxygens (including phenoxy) is 3. The Morgan fingerprint density at radius 1 is 1.02 bits per heavy atom. The molecule has 1 N–H and O–H groups in total. The summed E-state index contributed by atoms with van der Waals surface area (Å²) in [5.74, 6) is 1.10. The van der Waals surface area contributed by atoms with E-state index < -0.39 is 5.60 Å². The van der Waals surface area contributed by atoms with Crippen molar-refractivity contribution in [1.29, 1.82) is 0 Å². The Morgan fingerprint density at radius 2 is 1.75 bits per heavy atom. The van der Waals surface area contributed by atoms with Crippen LogP contribution in [0.3, 0.4) is 0 Å². The van der Waals surface area contributed by atoms with E-state index in [1.54, 1.807) is 14.2 Å². The van der Waals surface area contributed by atoms with E-state index in [0.717, 1.165) is 73.9 Å². The molecule has 1 aromatic heterocycles. The van der Waals surface area contributed by atoms with Gasteiger partial charge in [0, 0.05) is 19.1 Å². The predicted octanol–water partition coefficient (Wildman–Crippen LogP) is 5.42. The second-order valence-electron chi connectivity index (χ2n) is 10.8. The Kier molecular flexibility index (Phi) is 7.38. The van der Waals surface area contributed by atoms with Gasteiger partial charge < -0.3 is 24.1 Å². The minimum atomic E-state index is -0.698. The van der Waals surface area contributed by atoms with Crippen LogP contribution in [0.2, 0.25) is 0 Å². The molecule has 0 saturated carbocycles. The molecule has 6 rings (SSSR count). The van der Waals surface area contributed by atoms with E-state index in [-0.39, 0.29) is 17.5 Å². The highest BCUT2D eigenvalue weighted by Crippen LogP contribution is 2.46. The molecule has 40 heavy (non-hydrogen) atoms. The lowest BCUT2D eigenvalue weighted by molar-refractivity contribution is -0.0377. The molecule has 1 unspecified atom stereocenters. The Bertz CT molecular complexity index is 1540. The van der Waals surface area contributed by atoms with Crippen LogP contribution in [0.4, 0.5) is 4.39 Å². The zero-order valence-corrected chi connectivity index (χ0v) is 23.1. The Hall–Kier alpha value is -3.62. The third-order valence-corrected chi connectivity index (χ3v) is 8.62. The van der Waals surface area contributed by atoms with Crippen LogP contribution < -0.4 is 15.2 Å². The number of fused-ring (bicyclic) bond motifs is 2. The normalized spacial score (nSPS) is 20.0. The van der Waals surface area contributed by atoms with Crippen molar-refractivity contribution < 1.29 is 18.6 Å². The van der Waals surface area contributed by atoms with E-state index in [1.165, 1.54) is 17.7 Å². The maximum atomic E-state index is 13.9. The van der Waals surface area contributed by atoms with E-state index in [2.05, 4.69) is 9.88 Å². The van der Waals surface area contributed by atoms with Crippen LogP contribution in [0.15, 0.2) is 65.5 Å². The van der Waals surface area contributed by atoms with Crippen molar-refractivity contribution in [3.63, 3.8) is 0 Å². The van der Waals surface area contributed by atoms with Crippen LogP contribution in [0, 0.1) is 5.82 Å². The number of imidazole rings is 1. The lowest BCUT2D eigenvalue weighted by Gasteiger charge is -2.41. The first-order valence-electron chi connectivity index (χ1n) is 14.1. The largest absolute Gasteiger partial charge is 0.493 e. The molecule has 1 atom stereocenters. The second-order valence-corrected chi connectivity index (χ2v) is 10.8. The van der Waals surface area contributed by atoms with Crippen molar-refractivity contribution in [3.8, 4) is 11.5 Å². The third kappa shape index (κ3) is 4.80. The fourth-order valence-corrected chi connectivity index (χ4v) is 6.62. The van der Waals surface area contributed by atoms with Gasteiger partial charge in [-0.25, -0.2) is 9.18 Å². The summed E-state index contributed by atoms with van der Waals surface area (Å²) in [5, 5.41) is 0. The number of methoxy groups -OCH3 is 2. The summed E-state index contributed by atoms with van der Waals surface area (Å²) in [6.45, 7) is 3.36. The summed E-state index contributed by atoms with van der Waals surface area (Å²) < 4.78 is 33.7.